The number of amides is 1. The standard InChI is InChI=1S/C18H22N4O5/c1-4-27-14-7-5-12(9-15(14)26-3)10-19-22-16(23)8-6-13-11(2)20-18(25)21-17(13)24/h5,7,9-10H,4,6,8H2,1-3H3,(H,22,23)(H2,20,21,24,25)/b19-10+. The molecule has 0 aliphatic carbocycles. The molecule has 0 saturated heterocycles. The molecule has 0 unspecified atom stereocenters. The number of hydrogen-bond acceptors (Lipinski definition) is 6. The Bertz CT molecular complexity index is 945. The van der Waals surface area contributed by atoms with Crippen LogP contribution in [0.1, 0.15) is 30.2 Å². The lowest BCUT2D eigenvalue weighted by Gasteiger charge is -2.09. The van der Waals surface area contributed by atoms with E-state index in [-0.39, 0.29) is 18.7 Å². The Morgan fingerprint density at radius 1 is 1.26 bits per heavy atom. The van der Waals surface area contributed by atoms with Crippen LogP contribution in [-0.2, 0) is 11.2 Å². The van der Waals surface area contributed by atoms with Crippen molar-refractivity contribution >= 4 is 12.1 Å². The van der Waals surface area contributed by atoms with E-state index < -0.39 is 11.2 Å². The van der Waals surface area contributed by atoms with Gasteiger partial charge in [0, 0.05) is 17.7 Å². The lowest BCUT2D eigenvalue weighted by atomic mass is 10.1. The van der Waals surface area contributed by atoms with E-state index in [1.54, 1.807) is 32.2 Å². The maximum Gasteiger partial charge on any atom is 0.325 e. The lowest BCUT2D eigenvalue weighted by molar-refractivity contribution is -0.121. The summed E-state index contributed by atoms with van der Waals surface area (Å²) in [6.07, 6.45) is 1.73. The molecular weight excluding hydrogens is 352 g/mol. The van der Waals surface area contributed by atoms with Gasteiger partial charge in [-0.1, -0.05) is 0 Å². The largest absolute Gasteiger partial charge is 0.493 e. The van der Waals surface area contributed by atoms with Crippen LogP contribution in [0, 0.1) is 6.92 Å². The summed E-state index contributed by atoms with van der Waals surface area (Å²) >= 11 is 0. The summed E-state index contributed by atoms with van der Waals surface area (Å²) in [5.41, 5.74) is 2.88. The second-order valence-corrected chi connectivity index (χ2v) is 5.65. The first-order valence-electron chi connectivity index (χ1n) is 8.39. The Kier molecular flexibility index (Phi) is 6.93. The molecular formula is C18H22N4O5. The van der Waals surface area contributed by atoms with E-state index in [1.165, 1.54) is 6.21 Å². The molecule has 1 aromatic heterocycles. The highest BCUT2D eigenvalue weighted by atomic mass is 16.5. The van der Waals surface area contributed by atoms with Gasteiger partial charge < -0.3 is 14.5 Å². The van der Waals surface area contributed by atoms with Gasteiger partial charge in [-0.3, -0.25) is 14.6 Å². The molecule has 0 atom stereocenters. The number of nitrogens with one attached hydrogen (secondary N) is 3. The van der Waals surface area contributed by atoms with Crippen molar-refractivity contribution in [3.8, 4) is 11.5 Å². The molecule has 9 heteroatoms. The third kappa shape index (κ3) is 5.56. The van der Waals surface area contributed by atoms with Crippen LogP contribution >= 0.6 is 0 Å². The Morgan fingerprint density at radius 3 is 2.70 bits per heavy atom. The van der Waals surface area contributed by atoms with Crippen LogP contribution in [0.15, 0.2) is 32.9 Å². The summed E-state index contributed by atoms with van der Waals surface area (Å²) < 4.78 is 10.7. The molecule has 27 heavy (non-hydrogen) atoms. The topological polar surface area (TPSA) is 126 Å². The highest BCUT2D eigenvalue weighted by Gasteiger charge is 2.09. The number of H-pyrrole nitrogens is 2. The van der Waals surface area contributed by atoms with Gasteiger partial charge in [-0.15, -0.1) is 0 Å². The van der Waals surface area contributed by atoms with E-state index in [9.17, 15) is 14.4 Å². The molecule has 0 radical (unpaired) electrons. The molecule has 0 aliphatic heterocycles. The Hall–Kier alpha value is -3.36. The van der Waals surface area contributed by atoms with Gasteiger partial charge in [0.25, 0.3) is 5.56 Å². The zero-order valence-electron chi connectivity index (χ0n) is 15.4. The molecule has 9 nitrogen and oxygen atoms in total. The van der Waals surface area contributed by atoms with Gasteiger partial charge in [-0.25, -0.2) is 10.2 Å². The van der Waals surface area contributed by atoms with E-state index in [1.807, 2.05) is 6.92 Å². The van der Waals surface area contributed by atoms with Crippen LogP contribution in [0.2, 0.25) is 0 Å². The van der Waals surface area contributed by atoms with Gasteiger partial charge >= 0.3 is 5.69 Å². The van der Waals surface area contributed by atoms with Crippen molar-refractivity contribution in [2.24, 2.45) is 5.10 Å². The Labute approximate surface area is 155 Å². The molecule has 0 saturated carbocycles. The number of carbonyl (C=O) groups is 1. The molecule has 0 aliphatic rings. The summed E-state index contributed by atoms with van der Waals surface area (Å²) in [6.45, 7) is 4.02. The monoisotopic (exact) mass is 374 g/mol. The minimum atomic E-state index is -0.568. The van der Waals surface area contributed by atoms with Crippen LogP contribution in [-0.4, -0.2) is 35.8 Å². The van der Waals surface area contributed by atoms with Gasteiger partial charge in [0.05, 0.1) is 19.9 Å². The van der Waals surface area contributed by atoms with E-state index in [0.29, 0.717) is 29.4 Å². The van der Waals surface area contributed by atoms with Crippen molar-refractivity contribution in [3.05, 3.63) is 55.9 Å². The molecule has 2 rings (SSSR count). The van der Waals surface area contributed by atoms with E-state index in [2.05, 4.69) is 20.5 Å². The van der Waals surface area contributed by atoms with Crippen LogP contribution in [0.3, 0.4) is 0 Å². The number of aromatic nitrogens is 2. The number of nitrogens with zero attached hydrogens (tertiary/aromatic N) is 1. The molecule has 0 bridgehead atoms. The summed E-state index contributed by atoms with van der Waals surface area (Å²) in [4.78, 5) is 39.4. The third-order valence-corrected chi connectivity index (χ3v) is 3.75. The molecule has 3 N–H and O–H groups in total. The quantitative estimate of drug-likeness (QED) is 0.467. The molecule has 1 amide bonds. The number of ether oxygens (including phenoxy) is 2. The number of hydrazone groups is 1. The van der Waals surface area contributed by atoms with E-state index in [4.69, 9.17) is 9.47 Å². The lowest BCUT2D eigenvalue weighted by Crippen LogP contribution is -2.28. The van der Waals surface area contributed by atoms with Crippen LogP contribution in [0.5, 0.6) is 11.5 Å². The number of carbonyl (C=O) groups excluding carboxylic acids is 1. The van der Waals surface area contributed by atoms with Gasteiger partial charge in [0.1, 0.15) is 0 Å². The fraction of sp³-hybridized carbons (Fsp3) is 0.333. The average molecular weight is 374 g/mol. The first-order valence-corrected chi connectivity index (χ1v) is 8.39. The van der Waals surface area contributed by atoms with Crippen LogP contribution in [0.4, 0.5) is 0 Å². The second-order valence-electron chi connectivity index (χ2n) is 5.65. The number of benzene rings is 1. The maximum atomic E-state index is 11.9. The summed E-state index contributed by atoms with van der Waals surface area (Å²) in [6, 6.07) is 5.28. The fourth-order valence-corrected chi connectivity index (χ4v) is 2.44. The smallest absolute Gasteiger partial charge is 0.325 e. The predicted molar refractivity (Wildman–Crippen MR) is 101 cm³/mol. The minimum Gasteiger partial charge on any atom is -0.493 e. The number of aryl methyl sites for hydroxylation is 1. The van der Waals surface area contributed by atoms with Crippen molar-refractivity contribution < 1.29 is 14.3 Å². The zero-order chi connectivity index (χ0) is 19.8. The average Bonchev–Trinajstić information content (AvgIpc) is 2.62. The number of aromatic amines is 2. The van der Waals surface area contributed by atoms with Crippen LogP contribution < -0.4 is 26.1 Å². The maximum absolute atomic E-state index is 11.9. The molecule has 1 heterocycles. The van der Waals surface area contributed by atoms with E-state index in [0.717, 1.165) is 5.56 Å². The molecule has 0 fully saturated rings. The molecule has 0 spiro atoms. The number of methoxy groups -OCH3 is 1. The Morgan fingerprint density at radius 2 is 2.04 bits per heavy atom. The summed E-state index contributed by atoms with van der Waals surface area (Å²) in [7, 11) is 1.54. The highest BCUT2D eigenvalue weighted by Crippen LogP contribution is 2.27. The minimum absolute atomic E-state index is 0.0555. The first kappa shape index (κ1) is 20.0. The van der Waals surface area contributed by atoms with Crippen molar-refractivity contribution in [1.29, 1.82) is 0 Å². The Balaban J connectivity index is 1.94. The molecule has 144 valence electrons. The highest BCUT2D eigenvalue weighted by molar-refractivity contribution is 5.83. The normalized spacial score (nSPS) is 10.8. The van der Waals surface area contributed by atoms with Crippen molar-refractivity contribution in [2.45, 2.75) is 26.7 Å². The number of hydrogen-bond donors (Lipinski definition) is 3. The fourth-order valence-electron chi connectivity index (χ4n) is 2.44. The molecule has 2 aromatic rings. The van der Waals surface area contributed by atoms with Gasteiger partial charge in [0.2, 0.25) is 5.91 Å². The predicted octanol–water partition coefficient (Wildman–Crippen LogP) is 0.862. The second kappa shape index (κ2) is 9.37. The zero-order valence-corrected chi connectivity index (χ0v) is 15.4. The van der Waals surface area contributed by atoms with Gasteiger partial charge in [0.15, 0.2) is 11.5 Å². The van der Waals surface area contributed by atoms with Gasteiger partial charge in [-0.05, 0) is 44.0 Å². The van der Waals surface area contributed by atoms with E-state index >= 15 is 0 Å². The molecule has 1 aromatic carbocycles. The summed E-state index contributed by atoms with van der Waals surface area (Å²) in [5, 5.41) is 3.90. The van der Waals surface area contributed by atoms with Gasteiger partial charge in [-0.2, -0.15) is 5.10 Å². The van der Waals surface area contributed by atoms with Crippen molar-refractivity contribution in [2.75, 3.05) is 13.7 Å². The number of rotatable bonds is 8. The first-order chi connectivity index (χ1) is 12.9. The van der Waals surface area contributed by atoms with Crippen molar-refractivity contribution in [3.63, 3.8) is 0 Å². The SMILES string of the molecule is CCOc1ccc(/C=N/NC(=O)CCc2c(C)[nH]c(=O)[nH]c2=O)cc1OC. The third-order valence-electron chi connectivity index (χ3n) is 3.75. The van der Waals surface area contributed by atoms with Crippen LogP contribution in [0.25, 0.3) is 0 Å². The summed E-state index contributed by atoms with van der Waals surface area (Å²) in [5.74, 6) is 0.844. The van der Waals surface area contributed by atoms with Crippen molar-refractivity contribution in [1.82, 2.24) is 15.4 Å².